The van der Waals surface area contributed by atoms with E-state index in [1.807, 2.05) is 0 Å². The van der Waals surface area contributed by atoms with E-state index in [1.165, 1.54) is 42.3 Å². The van der Waals surface area contributed by atoms with Gasteiger partial charge in [-0.25, -0.2) is 0 Å². The van der Waals surface area contributed by atoms with Crippen molar-refractivity contribution < 1.29 is 4.84 Å². The summed E-state index contributed by atoms with van der Waals surface area (Å²) in [5, 5.41) is 6.49. The molecule has 4 heteroatoms. The average molecular weight is 310 g/mol. The Kier molecular flexibility index (Phi) is 5.84. The van der Waals surface area contributed by atoms with E-state index in [0.29, 0.717) is 5.92 Å². The minimum absolute atomic E-state index is 0.412. The van der Waals surface area contributed by atoms with Crippen LogP contribution in [0.3, 0.4) is 0 Å². The normalized spacial score (nSPS) is 18.7. The van der Waals surface area contributed by atoms with Crippen molar-refractivity contribution in [3.05, 3.63) is 22.4 Å². The quantitative estimate of drug-likeness (QED) is 0.286. The van der Waals surface area contributed by atoms with Gasteiger partial charge in [-0.1, -0.05) is 62.6 Å². The molecular formula is C16H27NOSSi. The first-order valence-corrected chi connectivity index (χ1v) is 11.8. The Morgan fingerprint density at radius 1 is 1.40 bits per heavy atom. The summed E-state index contributed by atoms with van der Waals surface area (Å²) in [5.74, 6) is 0.412. The third kappa shape index (κ3) is 4.45. The summed E-state index contributed by atoms with van der Waals surface area (Å²) in [6.45, 7) is 7.70. The van der Waals surface area contributed by atoms with Gasteiger partial charge < -0.3 is 4.84 Å². The minimum atomic E-state index is -0.865. The lowest BCUT2D eigenvalue weighted by Crippen LogP contribution is -2.24. The van der Waals surface area contributed by atoms with Crippen LogP contribution in [0.25, 0.3) is 0 Å². The number of nitrogens with zero attached hydrogens (tertiary/aromatic N) is 1. The molecular weight excluding hydrogens is 282 g/mol. The van der Waals surface area contributed by atoms with Crippen molar-refractivity contribution in [1.29, 1.82) is 0 Å². The highest BCUT2D eigenvalue weighted by molar-refractivity contribution is 7.12. The van der Waals surface area contributed by atoms with Crippen LogP contribution in [0.5, 0.6) is 0 Å². The second kappa shape index (κ2) is 7.41. The molecule has 0 unspecified atom stereocenters. The molecule has 1 fully saturated rings. The number of rotatable bonds is 7. The molecule has 1 saturated heterocycles. The van der Waals surface area contributed by atoms with Crippen LogP contribution < -0.4 is 0 Å². The minimum Gasteiger partial charge on any atom is -0.396 e. The van der Waals surface area contributed by atoms with Crippen molar-refractivity contribution in [1.82, 2.24) is 0 Å². The molecule has 0 saturated carbocycles. The molecule has 1 aromatic rings. The molecule has 0 bridgehead atoms. The number of oxime groups is 1. The Balaban J connectivity index is 1.76. The molecule has 0 spiro atoms. The van der Waals surface area contributed by atoms with Crippen LogP contribution in [0.15, 0.2) is 22.7 Å². The first-order chi connectivity index (χ1) is 9.61. The maximum Gasteiger partial charge on any atom is 0.116 e. The fourth-order valence-electron chi connectivity index (χ4n) is 3.02. The molecule has 0 N–H and O–H groups in total. The summed E-state index contributed by atoms with van der Waals surface area (Å²) in [7, 11) is -0.865. The van der Waals surface area contributed by atoms with Gasteiger partial charge in [-0.3, -0.25) is 0 Å². The molecule has 20 heavy (non-hydrogen) atoms. The lowest BCUT2D eigenvalue weighted by atomic mass is 10.1. The second-order valence-electron chi connectivity index (χ2n) is 6.56. The molecule has 1 aromatic heterocycles. The summed E-state index contributed by atoms with van der Waals surface area (Å²) in [6, 6.07) is 8.67. The fraction of sp³-hybridized carbons (Fsp3) is 0.688. The predicted molar refractivity (Wildman–Crippen MR) is 91.5 cm³/mol. The van der Waals surface area contributed by atoms with Crippen LogP contribution in [-0.4, -0.2) is 20.4 Å². The zero-order valence-corrected chi connectivity index (χ0v) is 14.8. The van der Waals surface area contributed by atoms with Gasteiger partial charge in [-0.15, -0.1) is 11.3 Å². The average Bonchev–Trinajstić information content (AvgIpc) is 3.05. The van der Waals surface area contributed by atoms with E-state index in [9.17, 15) is 0 Å². The molecule has 0 amide bonds. The molecule has 0 atom stereocenters. The monoisotopic (exact) mass is 309 g/mol. The van der Waals surface area contributed by atoms with Gasteiger partial charge >= 0.3 is 0 Å². The van der Waals surface area contributed by atoms with E-state index in [1.54, 1.807) is 11.3 Å². The standard InChI is InChI=1S/C16H27NOSSi/c1-14(2)16(15-8-6-10-19-15)17-18-9-7-13-20(3)11-4-5-12-20/h6,8,10,14H,4-5,7,9,11-13H2,1-3H3/b17-16+. The molecule has 0 aromatic carbocycles. The van der Waals surface area contributed by atoms with Gasteiger partial charge in [-0.05, 0) is 17.9 Å². The van der Waals surface area contributed by atoms with Crippen molar-refractivity contribution in [2.24, 2.45) is 11.1 Å². The highest BCUT2D eigenvalue weighted by Gasteiger charge is 2.30. The summed E-state index contributed by atoms with van der Waals surface area (Å²) in [4.78, 5) is 6.84. The van der Waals surface area contributed by atoms with Crippen molar-refractivity contribution >= 4 is 25.1 Å². The largest absolute Gasteiger partial charge is 0.396 e. The van der Waals surface area contributed by atoms with E-state index < -0.39 is 8.07 Å². The van der Waals surface area contributed by atoms with Gasteiger partial charge in [0.05, 0.1) is 18.7 Å². The lowest BCUT2D eigenvalue weighted by Gasteiger charge is -2.20. The zero-order valence-electron chi connectivity index (χ0n) is 13.0. The molecule has 2 heterocycles. The molecule has 1 aliphatic rings. The van der Waals surface area contributed by atoms with E-state index in [0.717, 1.165) is 12.3 Å². The maximum atomic E-state index is 5.60. The Labute approximate surface area is 128 Å². The number of thiophene rings is 1. The van der Waals surface area contributed by atoms with Crippen LogP contribution in [-0.2, 0) is 4.84 Å². The smallest absolute Gasteiger partial charge is 0.116 e. The van der Waals surface area contributed by atoms with Gasteiger partial charge in [0.1, 0.15) is 6.61 Å². The highest BCUT2D eigenvalue weighted by atomic mass is 32.1. The van der Waals surface area contributed by atoms with Crippen LogP contribution in [0.4, 0.5) is 0 Å². The molecule has 1 aliphatic heterocycles. The molecule has 2 nitrogen and oxygen atoms in total. The zero-order chi connectivity index (χ0) is 14.4. The topological polar surface area (TPSA) is 21.6 Å². The first kappa shape index (κ1) is 15.8. The van der Waals surface area contributed by atoms with Crippen molar-refractivity contribution in [3.63, 3.8) is 0 Å². The molecule has 0 aliphatic carbocycles. The van der Waals surface area contributed by atoms with Crippen LogP contribution in [0.1, 0.15) is 38.0 Å². The van der Waals surface area contributed by atoms with Crippen LogP contribution >= 0.6 is 11.3 Å². The molecule has 112 valence electrons. The SMILES string of the molecule is CC(C)/C(=N\OCCC[Si]1(C)CCCC1)c1cccs1. The maximum absolute atomic E-state index is 5.60. The number of hydrogen-bond acceptors (Lipinski definition) is 3. The van der Waals surface area contributed by atoms with Crippen molar-refractivity contribution in [3.8, 4) is 0 Å². The Bertz CT molecular complexity index is 422. The summed E-state index contributed by atoms with van der Waals surface area (Å²) < 4.78 is 0. The van der Waals surface area contributed by atoms with E-state index in [-0.39, 0.29) is 0 Å². The van der Waals surface area contributed by atoms with E-state index >= 15 is 0 Å². The van der Waals surface area contributed by atoms with Gasteiger partial charge in [0.15, 0.2) is 0 Å². The van der Waals surface area contributed by atoms with Gasteiger partial charge in [0.25, 0.3) is 0 Å². The van der Waals surface area contributed by atoms with E-state index in [4.69, 9.17) is 4.84 Å². The molecule has 2 rings (SSSR count). The van der Waals surface area contributed by atoms with Crippen molar-refractivity contribution in [2.75, 3.05) is 6.61 Å². The third-order valence-electron chi connectivity index (χ3n) is 4.31. The summed E-state index contributed by atoms with van der Waals surface area (Å²) in [5.41, 5.74) is 1.09. The molecule has 0 radical (unpaired) electrons. The fourth-order valence-corrected chi connectivity index (χ4v) is 7.83. The second-order valence-corrected chi connectivity index (χ2v) is 12.6. The van der Waals surface area contributed by atoms with Gasteiger partial charge in [-0.2, -0.15) is 0 Å². The van der Waals surface area contributed by atoms with Crippen molar-refractivity contribution in [2.45, 2.75) is 57.8 Å². The van der Waals surface area contributed by atoms with Crippen LogP contribution in [0, 0.1) is 5.92 Å². The highest BCUT2D eigenvalue weighted by Crippen LogP contribution is 2.33. The Morgan fingerprint density at radius 3 is 2.75 bits per heavy atom. The van der Waals surface area contributed by atoms with Crippen LogP contribution in [0.2, 0.25) is 24.7 Å². The summed E-state index contributed by atoms with van der Waals surface area (Å²) >= 11 is 1.74. The Morgan fingerprint density at radius 2 is 2.15 bits per heavy atom. The van der Waals surface area contributed by atoms with E-state index in [2.05, 4.69) is 43.1 Å². The lowest BCUT2D eigenvalue weighted by molar-refractivity contribution is 0.143. The van der Waals surface area contributed by atoms with Gasteiger partial charge in [0, 0.05) is 5.92 Å². The number of hydrogen-bond donors (Lipinski definition) is 0. The third-order valence-corrected chi connectivity index (χ3v) is 9.88. The summed E-state index contributed by atoms with van der Waals surface area (Å²) in [6.07, 6.45) is 4.12. The Hall–Kier alpha value is -0.613. The predicted octanol–water partition coefficient (Wildman–Crippen LogP) is 5.39. The van der Waals surface area contributed by atoms with Gasteiger partial charge in [0.2, 0.25) is 0 Å². The first-order valence-electron chi connectivity index (χ1n) is 7.84.